The first-order chi connectivity index (χ1) is 18.3. The van der Waals surface area contributed by atoms with E-state index in [9.17, 15) is 36.7 Å². The van der Waals surface area contributed by atoms with Crippen LogP contribution in [0.1, 0.15) is 38.3 Å². The number of ether oxygens (including phenoxy) is 1. The summed E-state index contributed by atoms with van der Waals surface area (Å²) in [4.78, 5) is 56.4. The molecule has 0 radical (unpaired) electrons. The summed E-state index contributed by atoms with van der Waals surface area (Å²) >= 11 is 7.18. The van der Waals surface area contributed by atoms with Gasteiger partial charge in [-0.3, -0.25) is 23.9 Å². The average Bonchev–Trinajstić information content (AvgIpc) is 3.48. The topological polar surface area (TPSA) is 103 Å². The minimum atomic E-state index is -5.00. The Morgan fingerprint density at radius 3 is 2.44 bits per heavy atom. The number of alkyl halides is 3. The Balaban J connectivity index is 1.85. The van der Waals surface area contributed by atoms with Crippen molar-refractivity contribution in [3.05, 3.63) is 66.0 Å². The molecule has 1 aliphatic carbocycles. The summed E-state index contributed by atoms with van der Waals surface area (Å²) in [5.41, 5.74) is -4.35. The summed E-state index contributed by atoms with van der Waals surface area (Å²) in [7, 11) is 0.794. The van der Waals surface area contributed by atoms with Crippen molar-refractivity contribution >= 4 is 46.1 Å². The lowest BCUT2D eigenvalue weighted by Gasteiger charge is -2.16. The second-order valence-corrected chi connectivity index (χ2v) is 10.0. The quantitative estimate of drug-likeness (QED) is 0.293. The van der Waals surface area contributed by atoms with Crippen molar-refractivity contribution in [2.24, 2.45) is 12.0 Å². The van der Waals surface area contributed by atoms with Crippen molar-refractivity contribution < 1.29 is 31.9 Å². The van der Waals surface area contributed by atoms with E-state index < -0.39 is 53.0 Å². The highest BCUT2D eigenvalue weighted by Crippen LogP contribution is 2.41. The van der Waals surface area contributed by atoms with Crippen LogP contribution in [0.5, 0.6) is 0 Å². The molecule has 0 spiro atoms. The monoisotopic (exact) mass is 588 g/mol. The van der Waals surface area contributed by atoms with Crippen LogP contribution in [0.15, 0.2) is 43.3 Å². The lowest BCUT2D eigenvalue weighted by Crippen LogP contribution is -2.41. The normalized spacial score (nSPS) is 17.1. The molecular formula is C24H21ClF4N4O5S. The fourth-order valence-corrected chi connectivity index (χ4v) is 5.54. The molecule has 0 atom stereocenters. The fourth-order valence-electron chi connectivity index (χ4n) is 4.22. The van der Waals surface area contributed by atoms with Crippen LogP contribution >= 0.6 is 23.4 Å². The van der Waals surface area contributed by atoms with Gasteiger partial charge in [0.1, 0.15) is 18.1 Å². The highest BCUT2D eigenvalue weighted by molar-refractivity contribution is 8.18. The Kier molecular flexibility index (Phi) is 8.07. The highest BCUT2D eigenvalue weighted by atomic mass is 35.5. The van der Waals surface area contributed by atoms with Crippen LogP contribution < -0.4 is 11.2 Å². The van der Waals surface area contributed by atoms with E-state index in [1.807, 2.05) is 0 Å². The van der Waals surface area contributed by atoms with Crippen molar-refractivity contribution in [1.82, 2.24) is 14.0 Å². The number of nitrogens with zero attached hydrogens (tertiary/aromatic N) is 4. The molecule has 15 heteroatoms. The van der Waals surface area contributed by atoms with E-state index in [4.69, 9.17) is 16.3 Å². The van der Waals surface area contributed by atoms with Crippen LogP contribution in [0, 0.1) is 5.82 Å². The Morgan fingerprint density at radius 2 is 1.82 bits per heavy atom. The number of carbonyl (C=O) groups excluding carboxylic acids is 2. The van der Waals surface area contributed by atoms with E-state index in [0.29, 0.717) is 17.7 Å². The molecule has 0 N–H and O–H groups in total. The average molecular weight is 589 g/mol. The van der Waals surface area contributed by atoms with Crippen molar-refractivity contribution in [3.63, 3.8) is 0 Å². The van der Waals surface area contributed by atoms with Gasteiger partial charge in [0.25, 0.3) is 11.5 Å². The SMILES string of the molecule is CCOC(=O)CN1C(=O)C(=C2CCCC2)SC1=Nc1cc(-n2c(=O)cc(C(F)(F)F)n(C)c2=O)c(F)cc1Cl. The maximum atomic E-state index is 14.9. The summed E-state index contributed by atoms with van der Waals surface area (Å²) in [6.07, 6.45) is -1.78. The zero-order chi connectivity index (χ0) is 28.6. The van der Waals surface area contributed by atoms with Gasteiger partial charge in [-0.25, -0.2) is 18.7 Å². The Hall–Kier alpha value is -3.39. The zero-order valence-corrected chi connectivity index (χ0v) is 22.2. The second kappa shape index (κ2) is 11.0. The van der Waals surface area contributed by atoms with Gasteiger partial charge in [0.15, 0.2) is 5.17 Å². The Bertz CT molecular complexity index is 1540. The molecule has 4 rings (SSSR count). The lowest BCUT2D eigenvalue weighted by atomic mass is 10.2. The molecule has 2 heterocycles. The van der Waals surface area contributed by atoms with Crippen molar-refractivity contribution in [2.75, 3.05) is 13.2 Å². The molecule has 1 amide bonds. The van der Waals surface area contributed by atoms with Crippen LogP contribution in [0.3, 0.4) is 0 Å². The first-order valence-corrected chi connectivity index (χ1v) is 12.9. The molecule has 2 fully saturated rings. The van der Waals surface area contributed by atoms with Crippen molar-refractivity contribution in [3.8, 4) is 5.69 Å². The maximum absolute atomic E-state index is 14.9. The van der Waals surface area contributed by atoms with E-state index in [1.165, 1.54) is 0 Å². The number of hydrogen-bond donors (Lipinski definition) is 0. The number of aromatic nitrogens is 2. The number of hydrogen-bond acceptors (Lipinski definition) is 7. The predicted octanol–water partition coefficient (Wildman–Crippen LogP) is 4.30. The number of amidine groups is 1. The molecule has 1 saturated carbocycles. The largest absolute Gasteiger partial charge is 0.465 e. The van der Waals surface area contributed by atoms with Crippen LogP contribution in [-0.4, -0.2) is 44.2 Å². The first-order valence-electron chi connectivity index (χ1n) is 11.7. The van der Waals surface area contributed by atoms with Gasteiger partial charge in [-0.1, -0.05) is 17.2 Å². The number of allylic oxidation sites excluding steroid dienone is 1. The molecule has 2 aliphatic rings. The fraction of sp³-hybridized carbons (Fsp3) is 0.375. The van der Waals surface area contributed by atoms with Crippen LogP contribution in [0.2, 0.25) is 5.02 Å². The van der Waals surface area contributed by atoms with Gasteiger partial charge in [-0.05, 0) is 56.5 Å². The summed E-state index contributed by atoms with van der Waals surface area (Å²) in [5.74, 6) is -2.33. The standard InChI is InChI=1S/C24H21ClF4N4O5S/c1-3-38-19(35)11-32-21(36)20(12-6-4-5-7-12)39-22(32)30-15-9-16(14(26)8-13(15)25)33-18(34)10-17(24(27,28)29)31(2)23(33)37/h8-10H,3-7,11H2,1-2H3. The van der Waals surface area contributed by atoms with Crippen molar-refractivity contribution in [1.29, 1.82) is 0 Å². The third kappa shape index (κ3) is 5.66. The van der Waals surface area contributed by atoms with E-state index in [2.05, 4.69) is 4.99 Å². The van der Waals surface area contributed by atoms with Gasteiger partial charge in [-0.2, -0.15) is 13.2 Å². The molecule has 1 aromatic heterocycles. The van der Waals surface area contributed by atoms with Crippen LogP contribution in [-0.2, 0) is 27.5 Å². The number of amides is 1. The van der Waals surface area contributed by atoms with Gasteiger partial charge in [0, 0.05) is 13.1 Å². The second-order valence-electron chi connectivity index (χ2n) is 8.63. The van der Waals surface area contributed by atoms with E-state index in [-0.39, 0.29) is 37.7 Å². The number of rotatable bonds is 5. The molecule has 208 valence electrons. The molecule has 1 aromatic carbocycles. The number of esters is 1. The molecule has 1 saturated heterocycles. The number of aliphatic imine (C=N–C) groups is 1. The van der Waals surface area contributed by atoms with Gasteiger partial charge in [0.05, 0.1) is 27.9 Å². The number of thioether (sulfide) groups is 1. The lowest BCUT2D eigenvalue weighted by molar-refractivity contribution is -0.145. The zero-order valence-electron chi connectivity index (χ0n) is 20.6. The molecular weight excluding hydrogens is 568 g/mol. The summed E-state index contributed by atoms with van der Waals surface area (Å²) < 4.78 is 60.0. The molecule has 2 aromatic rings. The predicted molar refractivity (Wildman–Crippen MR) is 136 cm³/mol. The Labute approximate surface area is 227 Å². The smallest absolute Gasteiger partial charge is 0.431 e. The third-order valence-corrected chi connectivity index (χ3v) is 7.53. The molecule has 39 heavy (non-hydrogen) atoms. The summed E-state index contributed by atoms with van der Waals surface area (Å²) in [5, 5.41) is -0.249. The van der Waals surface area contributed by atoms with Gasteiger partial charge < -0.3 is 4.74 Å². The van der Waals surface area contributed by atoms with E-state index in [0.717, 1.165) is 54.3 Å². The van der Waals surface area contributed by atoms with E-state index >= 15 is 0 Å². The minimum Gasteiger partial charge on any atom is -0.465 e. The molecule has 1 aliphatic heterocycles. The molecule has 0 bridgehead atoms. The summed E-state index contributed by atoms with van der Waals surface area (Å²) in [6.45, 7) is 1.23. The van der Waals surface area contributed by atoms with Gasteiger partial charge in [0.2, 0.25) is 0 Å². The molecule has 0 unspecified atom stereocenters. The Morgan fingerprint density at radius 1 is 1.15 bits per heavy atom. The van der Waals surface area contributed by atoms with Crippen LogP contribution in [0.4, 0.5) is 23.2 Å². The maximum Gasteiger partial charge on any atom is 0.431 e. The van der Waals surface area contributed by atoms with E-state index in [1.54, 1.807) is 6.92 Å². The summed E-state index contributed by atoms with van der Waals surface area (Å²) in [6, 6.07) is 1.83. The minimum absolute atomic E-state index is 0.0228. The first kappa shape index (κ1) is 28.6. The number of halogens is 5. The number of carbonyl (C=O) groups is 2. The molecule has 9 nitrogen and oxygen atoms in total. The highest BCUT2D eigenvalue weighted by Gasteiger charge is 2.38. The van der Waals surface area contributed by atoms with Gasteiger partial charge >= 0.3 is 17.8 Å². The van der Waals surface area contributed by atoms with Gasteiger partial charge in [-0.15, -0.1) is 0 Å². The van der Waals surface area contributed by atoms with Crippen molar-refractivity contribution in [2.45, 2.75) is 38.8 Å². The third-order valence-electron chi connectivity index (χ3n) is 6.07. The van der Waals surface area contributed by atoms with Crippen LogP contribution in [0.25, 0.3) is 5.69 Å². The number of benzene rings is 1.